The van der Waals surface area contributed by atoms with Crippen LogP contribution in [0.5, 0.6) is 0 Å². The molecule has 1 heterocycles. The number of carboxylic acids is 1. The second kappa shape index (κ2) is 9.04. The van der Waals surface area contributed by atoms with E-state index in [0.29, 0.717) is 5.56 Å². The smallest absolute Gasteiger partial charge is 0.337 e. The highest BCUT2D eigenvalue weighted by molar-refractivity contribution is 7.99. The second-order valence-corrected chi connectivity index (χ2v) is 7.55. The van der Waals surface area contributed by atoms with Crippen molar-refractivity contribution in [3.8, 4) is 6.07 Å². The summed E-state index contributed by atoms with van der Waals surface area (Å²) in [7, 11) is 0. The third-order valence-corrected chi connectivity index (χ3v) is 5.30. The van der Waals surface area contributed by atoms with E-state index in [9.17, 15) is 14.7 Å². The predicted octanol–water partition coefficient (Wildman–Crippen LogP) is 4.76. The van der Waals surface area contributed by atoms with E-state index in [4.69, 9.17) is 5.26 Å². The first-order valence-electron chi connectivity index (χ1n) is 8.74. The number of carboxylic acid groups (broad SMARTS) is 1. The number of benzene rings is 2. The number of anilines is 1. The summed E-state index contributed by atoms with van der Waals surface area (Å²) in [5.41, 5.74) is 1.67. The van der Waals surface area contributed by atoms with Crippen LogP contribution in [-0.2, 0) is 0 Å². The molecule has 0 saturated heterocycles. The van der Waals surface area contributed by atoms with E-state index in [0.717, 1.165) is 5.03 Å². The fourth-order valence-electron chi connectivity index (χ4n) is 2.65. The van der Waals surface area contributed by atoms with Gasteiger partial charge in [0.05, 0.1) is 33.5 Å². The largest absolute Gasteiger partial charge is 0.478 e. The Morgan fingerprint density at radius 3 is 2.52 bits per heavy atom. The summed E-state index contributed by atoms with van der Waals surface area (Å²) in [6, 6.07) is 19.4. The van der Waals surface area contributed by atoms with Gasteiger partial charge in [-0.3, -0.25) is 4.79 Å². The SMILES string of the molecule is CC(Sc1ccc(C(=O)Nc2ccc(C#N)cc2C(=O)O)cn1)c1ccccc1. The maximum Gasteiger partial charge on any atom is 0.337 e. The molecule has 0 aliphatic rings. The Balaban J connectivity index is 1.71. The highest BCUT2D eigenvalue weighted by Gasteiger charge is 2.15. The Morgan fingerprint density at radius 1 is 1.14 bits per heavy atom. The molecule has 1 atom stereocenters. The van der Waals surface area contributed by atoms with Crippen molar-refractivity contribution in [1.29, 1.82) is 5.26 Å². The lowest BCUT2D eigenvalue weighted by Crippen LogP contribution is -2.15. The first-order valence-corrected chi connectivity index (χ1v) is 9.62. The molecule has 0 aliphatic carbocycles. The fourth-order valence-corrected chi connectivity index (χ4v) is 3.57. The van der Waals surface area contributed by atoms with Gasteiger partial charge in [0, 0.05) is 11.4 Å². The summed E-state index contributed by atoms with van der Waals surface area (Å²) in [5, 5.41) is 21.8. The number of rotatable bonds is 6. The molecule has 3 rings (SSSR count). The normalized spacial score (nSPS) is 11.3. The Hall–Kier alpha value is -3.63. The number of pyridine rings is 1. The number of aromatic nitrogens is 1. The minimum absolute atomic E-state index is 0.123. The van der Waals surface area contributed by atoms with Gasteiger partial charge in [0.25, 0.3) is 5.91 Å². The van der Waals surface area contributed by atoms with Crippen LogP contribution in [0.1, 0.15) is 44.0 Å². The van der Waals surface area contributed by atoms with Crippen molar-refractivity contribution in [2.24, 2.45) is 0 Å². The number of aromatic carboxylic acids is 1. The maximum absolute atomic E-state index is 12.5. The minimum atomic E-state index is -1.22. The van der Waals surface area contributed by atoms with Crippen molar-refractivity contribution in [2.45, 2.75) is 17.2 Å². The van der Waals surface area contributed by atoms with Crippen LogP contribution < -0.4 is 5.32 Å². The lowest BCUT2D eigenvalue weighted by molar-refractivity contribution is 0.0698. The van der Waals surface area contributed by atoms with Crippen LogP contribution in [0, 0.1) is 11.3 Å². The van der Waals surface area contributed by atoms with Gasteiger partial charge in [-0.1, -0.05) is 42.1 Å². The summed E-state index contributed by atoms with van der Waals surface area (Å²) in [5.74, 6) is -1.70. The first-order chi connectivity index (χ1) is 14.0. The monoisotopic (exact) mass is 403 g/mol. The Labute approximate surface area is 172 Å². The highest BCUT2D eigenvalue weighted by atomic mass is 32.2. The molecule has 2 aromatic carbocycles. The van der Waals surface area contributed by atoms with Crippen LogP contribution in [0.4, 0.5) is 5.69 Å². The molecule has 0 aliphatic heterocycles. The molecule has 0 saturated carbocycles. The van der Waals surface area contributed by atoms with Gasteiger partial charge in [-0.2, -0.15) is 5.26 Å². The molecule has 144 valence electrons. The van der Waals surface area contributed by atoms with Crippen molar-refractivity contribution in [3.05, 3.63) is 89.1 Å². The number of hydrogen-bond acceptors (Lipinski definition) is 5. The van der Waals surface area contributed by atoms with E-state index >= 15 is 0 Å². The quantitative estimate of drug-likeness (QED) is 0.575. The van der Waals surface area contributed by atoms with E-state index in [1.165, 1.54) is 30.0 Å². The van der Waals surface area contributed by atoms with Gasteiger partial charge in [0.2, 0.25) is 0 Å². The zero-order chi connectivity index (χ0) is 20.8. The topological polar surface area (TPSA) is 103 Å². The third-order valence-electron chi connectivity index (χ3n) is 4.19. The fraction of sp³-hybridized carbons (Fsp3) is 0.0909. The number of nitriles is 1. The lowest BCUT2D eigenvalue weighted by Gasteiger charge is -2.11. The average molecular weight is 403 g/mol. The first kappa shape index (κ1) is 20.1. The predicted molar refractivity (Wildman–Crippen MR) is 111 cm³/mol. The zero-order valence-electron chi connectivity index (χ0n) is 15.5. The summed E-state index contributed by atoms with van der Waals surface area (Å²) >= 11 is 1.58. The van der Waals surface area contributed by atoms with Gasteiger partial charge in [-0.15, -0.1) is 0 Å². The maximum atomic E-state index is 12.5. The van der Waals surface area contributed by atoms with Crippen molar-refractivity contribution in [2.75, 3.05) is 5.32 Å². The molecule has 0 radical (unpaired) electrons. The molecule has 0 fully saturated rings. The highest BCUT2D eigenvalue weighted by Crippen LogP contribution is 2.33. The molecule has 3 aromatic rings. The lowest BCUT2D eigenvalue weighted by atomic mass is 10.1. The summed E-state index contributed by atoms with van der Waals surface area (Å²) in [4.78, 5) is 28.2. The Morgan fingerprint density at radius 2 is 1.90 bits per heavy atom. The molecule has 29 heavy (non-hydrogen) atoms. The van der Waals surface area contributed by atoms with Crippen molar-refractivity contribution in [1.82, 2.24) is 4.98 Å². The van der Waals surface area contributed by atoms with E-state index in [1.807, 2.05) is 24.3 Å². The van der Waals surface area contributed by atoms with Crippen LogP contribution in [0.15, 0.2) is 71.9 Å². The second-order valence-electron chi connectivity index (χ2n) is 6.19. The standard InChI is InChI=1S/C22H17N3O3S/c1-14(16-5-3-2-4-6-16)29-20-10-8-17(13-24-20)21(26)25-19-9-7-15(12-23)11-18(19)22(27)28/h2-11,13-14H,1H3,(H,25,26)(H,27,28). The number of carbonyl (C=O) groups is 2. The number of thioether (sulfide) groups is 1. The van der Waals surface area contributed by atoms with Crippen molar-refractivity contribution < 1.29 is 14.7 Å². The molecular weight excluding hydrogens is 386 g/mol. The van der Waals surface area contributed by atoms with E-state index in [1.54, 1.807) is 23.9 Å². The van der Waals surface area contributed by atoms with Gasteiger partial charge >= 0.3 is 5.97 Å². The molecule has 1 unspecified atom stereocenters. The summed E-state index contributed by atoms with van der Waals surface area (Å²) in [6.45, 7) is 2.08. The van der Waals surface area contributed by atoms with Crippen LogP contribution in [0.2, 0.25) is 0 Å². The number of amides is 1. The molecule has 6 nitrogen and oxygen atoms in total. The van der Waals surface area contributed by atoms with Crippen LogP contribution in [-0.4, -0.2) is 22.0 Å². The van der Waals surface area contributed by atoms with Gasteiger partial charge in [0.1, 0.15) is 0 Å². The van der Waals surface area contributed by atoms with E-state index < -0.39 is 11.9 Å². The van der Waals surface area contributed by atoms with Crippen molar-refractivity contribution in [3.63, 3.8) is 0 Å². The van der Waals surface area contributed by atoms with E-state index in [-0.39, 0.29) is 22.1 Å². The molecule has 2 N–H and O–H groups in total. The number of nitrogens with zero attached hydrogens (tertiary/aromatic N) is 2. The number of carbonyl (C=O) groups excluding carboxylic acids is 1. The van der Waals surface area contributed by atoms with Gasteiger partial charge < -0.3 is 10.4 Å². The van der Waals surface area contributed by atoms with Gasteiger partial charge in [-0.25, -0.2) is 9.78 Å². The number of nitrogens with one attached hydrogen (secondary N) is 1. The molecule has 1 amide bonds. The number of hydrogen-bond donors (Lipinski definition) is 2. The summed E-state index contributed by atoms with van der Waals surface area (Å²) < 4.78 is 0. The van der Waals surface area contributed by atoms with Gasteiger partial charge in [-0.05, 0) is 42.8 Å². The third kappa shape index (κ3) is 5.00. The molecule has 0 bridgehead atoms. The van der Waals surface area contributed by atoms with Crippen molar-refractivity contribution >= 4 is 29.3 Å². The molecule has 7 heteroatoms. The molecular formula is C22H17N3O3S. The molecule has 1 aromatic heterocycles. The Kier molecular flexibility index (Phi) is 6.27. The Bertz CT molecular complexity index is 1080. The minimum Gasteiger partial charge on any atom is -0.478 e. The zero-order valence-corrected chi connectivity index (χ0v) is 16.3. The van der Waals surface area contributed by atoms with Gasteiger partial charge in [0.15, 0.2) is 0 Å². The van der Waals surface area contributed by atoms with Crippen LogP contribution >= 0.6 is 11.8 Å². The molecule has 0 spiro atoms. The van der Waals surface area contributed by atoms with E-state index in [2.05, 4.69) is 29.4 Å². The average Bonchev–Trinajstić information content (AvgIpc) is 2.75. The summed E-state index contributed by atoms with van der Waals surface area (Å²) in [6.07, 6.45) is 1.46. The van der Waals surface area contributed by atoms with Crippen LogP contribution in [0.25, 0.3) is 0 Å². The van der Waals surface area contributed by atoms with Crippen LogP contribution in [0.3, 0.4) is 0 Å².